The molecule has 0 aliphatic heterocycles. The van der Waals surface area contributed by atoms with Crippen molar-refractivity contribution in [2.24, 2.45) is 0 Å². The van der Waals surface area contributed by atoms with Crippen molar-refractivity contribution in [1.82, 2.24) is 0 Å². The first kappa shape index (κ1) is 10.4. The van der Waals surface area contributed by atoms with Gasteiger partial charge in [-0.3, -0.25) is 0 Å². The normalized spacial score (nSPS) is 14.4. The fraction of sp³-hybridized carbons (Fsp3) is 0.200. The average molecular weight is 232 g/mol. The molecule has 0 spiro atoms. The average Bonchev–Trinajstić information content (AvgIpc) is 2.62. The summed E-state index contributed by atoms with van der Waals surface area (Å²) in [5.74, 6) is 0. The molecule has 1 nitrogen and oxygen atoms in total. The molecular weight excluding hydrogens is 225 g/mol. The smallest absolute Gasteiger partial charge is 0.379 e. The van der Waals surface area contributed by atoms with Gasteiger partial charge in [-0.05, 0) is 16.8 Å². The van der Waals surface area contributed by atoms with E-state index in [4.69, 9.17) is 5.11 Å². The van der Waals surface area contributed by atoms with Crippen LogP contribution in [0.1, 0.15) is 11.7 Å². The lowest BCUT2D eigenvalue weighted by Gasteiger charge is -2.15. The van der Waals surface area contributed by atoms with Gasteiger partial charge in [0.2, 0.25) is 0 Å². The summed E-state index contributed by atoms with van der Waals surface area (Å²) >= 11 is 1.20. The molecule has 0 bridgehead atoms. The summed E-state index contributed by atoms with van der Waals surface area (Å²) in [7, 11) is 0. The number of alkyl halides is 3. The fourth-order valence-corrected chi connectivity index (χ4v) is 2.35. The van der Waals surface area contributed by atoms with Crippen molar-refractivity contribution in [2.75, 3.05) is 0 Å². The maximum Gasteiger partial charge on any atom is 0.418 e. The third-order valence-electron chi connectivity index (χ3n) is 2.11. The molecule has 0 saturated heterocycles. The monoisotopic (exact) mass is 232 g/mol. The maximum atomic E-state index is 12.3. The van der Waals surface area contributed by atoms with Crippen LogP contribution < -0.4 is 0 Å². The van der Waals surface area contributed by atoms with Gasteiger partial charge in [-0.15, -0.1) is 11.3 Å². The van der Waals surface area contributed by atoms with E-state index in [1.165, 1.54) is 23.5 Å². The van der Waals surface area contributed by atoms with Crippen molar-refractivity contribution in [3.05, 3.63) is 35.2 Å². The summed E-state index contributed by atoms with van der Waals surface area (Å²) in [6, 6.07) is 6.27. The zero-order valence-corrected chi connectivity index (χ0v) is 8.27. The van der Waals surface area contributed by atoms with E-state index in [-0.39, 0.29) is 5.56 Å². The Morgan fingerprint density at radius 1 is 1.20 bits per heavy atom. The second kappa shape index (κ2) is 3.50. The number of fused-ring (bicyclic) bond motifs is 1. The summed E-state index contributed by atoms with van der Waals surface area (Å²) in [5, 5.41) is 11.6. The van der Waals surface area contributed by atoms with Crippen molar-refractivity contribution in [2.45, 2.75) is 12.3 Å². The van der Waals surface area contributed by atoms with E-state index in [9.17, 15) is 13.2 Å². The zero-order chi connectivity index (χ0) is 11.1. The highest BCUT2D eigenvalue weighted by Gasteiger charge is 2.40. The Morgan fingerprint density at radius 2 is 1.93 bits per heavy atom. The van der Waals surface area contributed by atoms with Crippen LogP contribution in [-0.2, 0) is 0 Å². The molecule has 2 aromatic rings. The minimum atomic E-state index is -4.61. The number of halogens is 3. The third-order valence-corrected chi connectivity index (χ3v) is 3.09. The first-order chi connectivity index (χ1) is 7.00. The Hall–Kier alpha value is -1.07. The van der Waals surface area contributed by atoms with Crippen LogP contribution in [0.15, 0.2) is 29.6 Å². The first-order valence-corrected chi connectivity index (χ1v) is 5.09. The Morgan fingerprint density at radius 3 is 2.60 bits per heavy atom. The van der Waals surface area contributed by atoms with Crippen molar-refractivity contribution in [3.63, 3.8) is 0 Å². The molecule has 1 atom stereocenters. The van der Waals surface area contributed by atoms with Gasteiger partial charge in [-0.25, -0.2) is 0 Å². The van der Waals surface area contributed by atoms with Gasteiger partial charge in [0.1, 0.15) is 0 Å². The molecule has 0 amide bonds. The van der Waals surface area contributed by atoms with Crippen LogP contribution >= 0.6 is 11.3 Å². The quantitative estimate of drug-likeness (QED) is 0.797. The molecule has 1 aromatic carbocycles. The van der Waals surface area contributed by atoms with Gasteiger partial charge in [0.05, 0.1) is 0 Å². The summed E-state index contributed by atoms with van der Waals surface area (Å²) in [6.07, 6.45) is -7.02. The molecule has 1 heterocycles. The minimum Gasteiger partial charge on any atom is -0.379 e. The molecule has 15 heavy (non-hydrogen) atoms. The molecule has 2 rings (SSSR count). The van der Waals surface area contributed by atoms with Crippen molar-refractivity contribution >= 4 is 21.4 Å². The Bertz CT molecular complexity index is 475. The lowest BCUT2D eigenvalue weighted by molar-refractivity contribution is -0.206. The van der Waals surface area contributed by atoms with Crippen LogP contribution in [0.2, 0.25) is 0 Å². The summed E-state index contributed by atoms with van der Waals surface area (Å²) in [4.78, 5) is 0. The third kappa shape index (κ3) is 1.85. The molecular formula is C10H7F3OS. The maximum absolute atomic E-state index is 12.3. The van der Waals surface area contributed by atoms with Crippen LogP contribution in [0.5, 0.6) is 0 Å². The largest absolute Gasteiger partial charge is 0.418 e. The second-order valence-electron chi connectivity index (χ2n) is 3.13. The number of hydrogen-bond donors (Lipinski definition) is 1. The van der Waals surface area contributed by atoms with Crippen molar-refractivity contribution < 1.29 is 18.3 Å². The molecule has 80 valence electrons. The van der Waals surface area contributed by atoms with E-state index in [2.05, 4.69) is 0 Å². The molecule has 5 heteroatoms. The van der Waals surface area contributed by atoms with Crippen molar-refractivity contribution in [1.29, 1.82) is 0 Å². The van der Waals surface area contributed by atoms with E-state index < -0.39 is 12.3 Å². The van der Waals surface area contributed by atoms with Gasteiger partial charge in [0.25, 0.3) is 0 Å². The van der Waals surface area contributed by atoms with E-state index in [1.54, 1.807) is 17.5 Å². The highest BCUT2D eigenvalue weighted by atomic mass is 32.1. The van der Waals surface area contributed by atoms with Crippen LogP contribution in [0, 0.1) is 0 Å². The van der Waals surface area contributed by atoms with Crippen LogP contribution in [0.4, 0.5) is 13.2 Å². The number of benzene rings is 1. The van der Waals surface area contributed by atoms with E-state index in [0.717, 1.165) is 5.39 Å². The highest BCUT2D eigenvalue weighted by Crippen LogP contribution is 2.37. The van der Waals surface area contributed by atoms with E-state index >= 15 is 0 Å². The Labute approximate surface area is 87.8 Å². The number of thiophene rings is 1. The molecule has 0 radical (unpaired) electrons. The lowest BCUT2D eigenvalue weighted by Crippen LogP contribution is -2.20. The van der Waals surface area contributed by atoms with Crippen LogP contribution in [-0.4, -0.2) is 11.3 Å². The number of rotatable bonds is 1. The molecule has 0 aliphatic rings. The molecule has 0 unspecified atom stereocenters. The van der Waals surface area contributed by atoms with Gasteiger partial charge in [0, 0.05) is 10.3 Å². The van der Waals surface area contributed by atoms with Gasteiger partial charge in [0.15, 0.2) is 6.10 Å². The lowest BCUT2D eigenvalue weighted by atomic mass is 10.1. The SMILES string of the molecule is O[C@@H](c1cccc2ccsc12)C(F)(F)F. The first-order valence-electron chi connectivity index (χ1n) is 4.21. The van der Waals surface area contributed by atoms with Gasteiger partial charge in [-0.1, -0.05) is 18.2 Å². The number of aliphatic hydroxyl groups is 1. The van der Waals surface area contributed by atoms with Crippen LogP contribution in [0.25, 0.3) is 10.1 Å². The number of aliphatic hydroxyl groups excluding tert-OH is 1. The highest BCUT2D eigenvalue weighted by molar-refractivity contribution is 7.17. The topological polar surface area (TPSA) is 20.2 Å². The van der Waals surface area contributed by atoms with E-state index in [0.29, 0.717) is 4.70 Å². The molecule has 0 fully saturated rings. The summed E-state index contributed by atoms with van der Waals surface area (Å²) in [6.45, 7) is 0. The Balaban J connectivity index is 2.56. The zero-order valence-electron chi connectivity index (χ0n) is 7.45. The molecule has 1 aromatic heterocycles. The second-order valence-corrected chi connectivity index (χ2v) is 4.05. The van der Waals surface area contributed by atoms with Gasteiger partial charge >= 0.3 is 6.18 Å². The molecule has 1 N–H and O–H groups in total. The van der Waals surface area contributed by atoms with Gasteiger partial charge < -0.3 is 5.11 Å². The Kier molecular flexibility index (Phi) is 2.44. The molecule has 0 saturated carbocycles. The molecule has 0 aliphatic carbocycles. The fourth-order valence-electron chi connectivity index (χ4n) is 1.41. The number of hydrogen-bond acceptors (Lipinski definition) is 2. The predicted molar refractivity (Wildman–Crippen MR) is 52.8 cm³/mol. The summed E-state index contributed by atoms with van der Waals surface area (Å²) in [5.41, 5.74) is -0.0741. The standard InChI is InChI=1S/C10H7F3OS/c11-10(12,13)9(14)7-3-1-2-6-4-5-15-8(6)7/h1-5,9,14H/t9-/m0/s1. The minimum absolute atomic E-state index is 0.0741. The predicted octanol–water partition coefficient (Wildman–Crippen LogP) is 3.50. The summed E-state index contributed by atoms with van der Waals surface area (Å²) < 4.78 is 37.5. The van der Waals surface area contributed by atoms with Gasteiger partial charge in [-0.2, -0.15) is 13.2 Å². The van der Waals surface area contributed by atoms with Crippen LogP contribution in [0.3, 0.4) is 0 Å². The van der Waals surface area contributed by atoms with Crippen molar-refractivity contribution in [3.8, 4) is 0 Å². The van der Waals surface area contributed by atoms with E-state index in [1.807, 2.05) is 0 Å².